The first kappa shape index (κ1) is 19.2. The topological polar surface area (TPSA) is 72.2 Å². The Hall–Kier alpha value is -2.81. The molecule has 0 saturated heterocycles. The number of fused-ring (bicyclic) bond motifs is 2. The molecule has 9 heteroatoms. The van der Waals surface area contributed by atoms with E-state index in [0.29, 0.717) is 9.90 Å². The molecular formula is C21H16ClN5OS2. The summed E-state index contributed by atoms with van der Waals surface area (Å²) < 4.78 is 2.76. The van der Waals surface area contributed by atoms with E-state index in [0.717, 1.165) is 49.1 Å². The fourth-order valence-corrected chi connectivity index (χ4v) is 5.49. The summed E-state index contributed by atoms with van der Waals surface area (Å²) in [6.07, 6.45) is 0.759. The van der Waals surface area contributed by atoms with Gasteiger partial charge in [-0.2, -0.15) is 9.61 Å². The van der Waals surface area contributed by atoms with Gasteiger partial charge in [0, 0.05) is 27.8 Å². The summed E-state index contributed by atoms with van der Waals surface area (Å²) in [6.45, 7) is 3.98. The Morgan fingerprint density at radius 3 is 2.80 bits per heavy atom. The van der Waals surface area contributed by atoms with Crippen molar-refractivity contribution in [1.82, 2.24) is 19.8 Å². The Morgan fingerprint density at radius 2 is 2.00 bits per heavy atom. The molecule has 150 valence electrons. The van der Waals surface area contributed by atoms with E-state index in [-0.39, 0.29) is 5.91 Å². The van der Waals surface area contributed by atoms with E-state index in [1.54, 1.807) is 4.52 Å². The number of nitrogens with zero attached hydrogens (tertiary/aromatic N) is 4. The Kier molecular flexibility index (Phi) is 4.77. The van der Waals surface area contributed by atoms with Gasteiger partial charge in [0.2, 0.25) is 4.96 Å². The average molecular weight is 454 g/mol. The summed E-state index contributed by atoms with van der Waals surface area (Å²) in [5.41, 5.74) is 2.60. The first-order chi connectivity index (χ1) is 14.5. The SMILES string of the molecule is CCc1nnc2sc(-c3ccc(C)c(NC(=O)c4sc5ccccc5c4Cl)c3)nn12. The van der Waals surface area contributed by atoms with Gasteiger partial charge in [-0.05, 0) is 24.6 Å². The minimum Gasteiger partial charge on any atom is -0.321 e. The summed E-state index contributed by atoms with van der Waals surface area (Å²) in [7, 11) is 0. The Balaban J connectivity index is 1.49. The van der Waals surface area contributed by atoms with E-state index in [1.165, 1.54) is 22.7 Å². The molecule has 0 unspecified atom stereocenters. The Bertz CT molecular complexity index is 1420. The van der Waals surface area contributed by atoms with Gasteiger partial charge in [0.05, 0.1) is 5.02 Å². The van der Waals surface area contributed by atoms with E-state index >= 15 is 0 Å². The first-order valence-corrected chi connectivity index (χ1v) is 11.4. The molecule has 30 heavy (non-hydrogen) atoms. The lowest BCUT2D eigenvalue weighted by atomic mass is 10.1. The van der Waals surface area contributed by atoms with Gasteiger partial charge in [0.1, 0.15) is 9.88 Å². The smallest absolute Gasteiger partial charge is 0.267 e. The van der Waals surface area contributed by atoms with Crippen molar-refractivity contribution in [3.63, 3.8) is 0 Å². The summed E-state index contributed by atoms with van der Waals surface area (Å²) in [5, 5.41) is 18.2. The molecule has 0 aliphatic heterocycles. The van der Waals surface area contributed by atoms with Crippen molar-refractivity contribution in [2.75, 3.05) is 5.32 Å². The zero-order valence-corrected chi connectivity index (χ0v) is 18.5. The zero-order valence-electron chi connectivity index (χ0n) is 16.1. The van der Waals surface area contributed by atoms with E-state index in [1.807, 2.05) is 56.3 Å². The monoisotopic (exact) mass is 453 g/mol. The number of hydrogen-bond donors (Lipinski definition) is 1. The molecule has 5 rings (SSSR count). The fourth-order valence-electron chi connectivity index (χ4n) is 3.22. The fraction of sp³-hybridized carbons (Fsp3) is 0.143. The number of anilines is 1. The van der Waals surface area contributed by atoms with Crippen LogP contribution in [-0.2, 0) is 6.42 Å². The van der Waals surface area contributed by atoms with Crippen LogP contribution < -0.4 is 5.32 Å². The number of halogens is 1. The van der Waals surface area contributed by atoms with Crippen LogP contribution in [0.25, 0.3) is 25.6 Å². The molecule has 1 N–H and O–H groups in total. The summed E-state index contributed by atoms with van der Waals surface area (Å²) in [4.78, 5) is 14.2. The second kappa shape index (κ2) is 7.46. The van der Waals surface area contributed by atoms with Crippen molar-refractivity contribution in [2.45, 2.75) is 20.3 Å². The van der Waals surface area contributed by atoms with Gasteiger partial charge < -0.3 is 5.32 Å². The van der Waals surface area contributed by atoms with E-state index in [9.17, 15) is 4.79 Å². The first-order valence-electron chi connectivity index (χ1n) is 9.35. The number of aryl methyl sites for hydroxylation is 2. The van der Waals surface area contributed by atoms with Crippen LogP contribution in [0, 0.1) is 6.92 Å². The molecule has 5 aromatic rings. The third-order valence-corrected chi connectivity index (χ3v) is 7.47. The Labute approximate surface area is 185 Å². The summed E-state index contributed by atoms with van der Waals surface area (Å²) in [5.74, 6) is 0.611. The molecule has 0 saturated carbocycles. The number of carbonyl (C=O) groups excluding carboxylic acids is 1. The molecule has 1 amide bonds. The van der Waals surface area contributed by atoms with Crippen LogP contribution in [0.2, 0.25) is 5.02 Å². The lowest BCUT2D eigenvalue weighted by molar-refractivity contribution is 0.103. The molecule has 2 aromatic carbocycles. The van der Waals surface area contributed by atoms with Crippen LogP contribution in [0.3, 0.4) is 0 Å². The van der Waals surface area contributed by atoms with Crippen LogP contribution in [0.15, 0.2) is 42.5 Å². The molecule has 0 aliphatic rings. The van der Waals surface area contributed by atoms with E-state index in [4.69, 9.17) is 11.6 Å². The third kappa shape index (κ3) is 3.17. The van der Waals surface area contributed by atoms with Gasteiger partial charge in [-0.25, -0.2) is 0 Å². The average Bonchev–Trinajstić information content (AvgIpc) is 3.42. The number of amides is 1. The van der Waals surface area contributed by atoms with E-state index in [2.05, 4.69) is 20.6 Å². The van der Waals surface area contributed by atoms with Crippen molar-refractivity contribution in [1.29, 1.82) is 0 Å². The molecule has 0 aliphatic carbocycles. The number of rotatable bonds is 4. The lowest BCUT2D eigenvalue weighted by Crippen LogP contribution is -2.11. The normalized spacial score (nSPS) is 11.4. The molecule has 0 bridgehead atoms. The minimum atomic E-state index is -0.215. The molecule has 6 nitrogen and oxygen atoms in total. The van der Waals surface area contributed by atoms with Gasteiger partial charge in [0.15, 0.2) is 5.82 Å². The maximum Gasteiger partial charge on any atom is 0.267 e. The molecule has 0 atom stereocenters. The molecule has 0 spiro atoms. The van der Waals surface area contributed by atoms with Crippen LogP contribution in [0.4, 0.5) is 5.69 Å². The van der Waals surface area contributed by atoms with Crippen LogP contribution in [0.1, 0.15) is 28.0 Å². The highest BCUT2D eigenvalue weighted by Crippen LogP contribution is 2.36. The standard InChI is InChI=1S/C21H16ClN5OS2/c1-3-16-24-25-21-27(16)26-20(30-21)12-9-8-11(2)14(10-12)23-19(28)18-17(22)13-6-4-5-7-15(13)29-18/h4-10H,3H2,1-2H3,(H,23,28). The largest absolute Gasteiger partial charge is 0.321 e. The summed E-state index contributed by atoms with van der Waals surface area (Å²) in [6, 6.07) is 13.7. The van der Waals surface area contributed by atoms with Crippen molar-refractivity contribution >= 4 is 60.9 Å². The minimum absolute atomic E-state index is 0.215. The highest BCUT2D eigenvalue weighted by molar-refractivity contribution is 7.21. The maximum absolute atomic E-state index is 13.0. The van der Waals surface area contributed by atoms with Crippen molar-refractivity contribution < 1.29 is 4.79 Å². The highest BCUT2D eigenvalue weighted by Gasteiger charge is 2.18. The number of hydrogen-bond acceptors (Lipinski definition) is 6. The second-order valence-electron chi connectivity index (χ2n) is 6.80. The highest BCUT2D eigenvalue weighted by atomic mass is 35.5. The van der Waals surface area contributed by atoms with Crippen LogP contribution in [-0.4, -0.2) is 25.7 Å². The van der Waals surface area contributed by atoms with Crippen molar-refractivity contribution in [3.05, 3.63) is 63.8 Å². The molecule has 3 aromatic heterocycles. The van der Waals surface area contributed by atoms with Gasteiger partial charge in [-0.1, -0.05) is 60.2 Å². The number of aromatic nitrogens is 4. The zero-order chi connectivity index (χ0) is 20.8. The molecule has 0 radical (unpaired) electrons. The number of benzene rings is 2. The molecular weight excluding hydrogens is 438 g/mol. The lowest BCUT2D eigenvalue weighted by Gasteiger charge is -2.09. The van der Waals surface area contributed by atoms with Gasteiger partial charge in [-0.3, -0.25) is 4.79 Å². The predicted octanol–water partition coefficient (Wildman–Crippen LogP) is 5.84. The van der Waals surface area contributed by atoms with Crippen molar-refractivity contribution in [2.24, 2.45) is 0 Å². The van der Waals surface area contributed by atoms with E-state index < -0.39 is 0 Å². The van der Waals surface area contributed by atoms with Crippen molar-refractivity contribution in [3.8, 4) is 10.6 Å². The van der Waals surface area contributed by atoms with Gasteiger partial charge in [-0.15, -0.1) is 21.5 Å². The predicted molar refractivity (Wildman–Crippen MR) is 123 cm³/mol. The van der Waals surface area contributed by atoms with Gasteiger partial charge in [0.25, 0.3) is 5.91 Å². The van der Waals surface area contributed by atoms with Gasteiger partial charge >= 0.3 is 0 Å². The number of nitrogens with one attached hydrogen (secondary N) is 1. The second-order valence-corrected chi connectivity index (χ2v) is 9.18. The number of thiophene rings is 1. The third-order valence-electron chi connectivity index (χ3n) is 4.85. The molecule has 3 heterocycles. The van der Waals surface area contributed by atoms with Crippen LogP contribution >= 0.6 is 34.3 Å². The van der Waals surface area contributed by atoms with Crippen LogP contribution in [0.5, 0.6) is 0 Å². The quantitative estimate of drug-likeness (QED) is 0.370. The summed E-state index contributed by atoms with van der Waals surface area (Å²) >= 11 is 9.33. The molecule has 0 fully saturated rings. The maximum atomic E-state index is 13.0. The Morgan fingerprint density at radius 1 is 1.17 bits per heavy atom. The number of carbonyl (C=O) groups is 1.